The molecule has 1 heterocycles. The summed E-state index contributed by atoms with van der Waals surface area (Å²) in [5, 5.41) is 7.66. The van der Waals surface area contributed by atoms with Crippen molar-refractivity contribution in [2.75, 3.05) is 7.11 Å². The Morgan fingerprint density at radius 3 is 2.76 bits per heavy atom. The molecule has 0 aliphatic carbocycles. The summed E-state index contributed by atoms with van der Waals surface area (Å²) in [5.74, 6) is 0.918. The van der Waals surface area contributed by atoms with Crippen LogP contribution in [-0.2, 0) is 20.1 Å². The number of hydrogen-bond acceptors (Lipinski definition) is 3. The van der Waals surface area contributed by atoms with Gasteiger partial charge in [0.1, 0.15) is 5.75 Å². The zero-order valence-corrected chi connectivity index (χ0v) is 10.2. The Labute approximate surface area is 101 Å². The first-order chi connectivity index (χ1) is 8.29. The number of rotatable bonds is 5. The number of ether oxygens (including phenoxy) is 1. The molecule has 0 aliphatic rings. The number of aryl methyl sites for hydroxylation is 1. The molecule has 0 aliphatic heterocycles. The van der Waals surface area contributed by atoms with Gasteiger partial charge in [-0.2, -0.15) is 5.10 Å². The highest BCUT2D eigenvalue weighted by Crippen LogP contribution is 2.16. The van der Waals surface area contributed by atoms with E-state index in [4.69, 9.17) is 4.74 Å². The van der Waals surface area contributed by atoms with Crippen molar-refractivity contribution >= 4 is 0 Å². The van der Waals surface area contributed by atoms with Crippen LogP contribution in [0.3, 0.4) is 0 Å². The molecular weight excluding hydrogens is 214 g/mol. The van der Waals surface area contributed by atoms with Gasteiger partial charge in [0.15, 0.2) is 0 Å². The topological polar surface area (TPSA) is 39.1 Å². The van der Waals surface area contributed by atoms with Crippen LogP contribution in [0.1, 0.15) is 11.3 Å². The van der Waals surface area contributed by atoms with Gasteiger partial charge in [0.25, 0.3) is 0 Å². The molecule has 0 unspecified atom stereocenters. The summed E-state index contributed by atoms with van der Waals surface area (Å²) in [5.41, 5.74) is 2.20. The Bertz CT molecular complexity index is 479. The van der Waals surface area contributed by atoms with Crippen molar-refractivity contribution in [1.29, 1.82) is 0 Å². The molecular formula is C13H17N3O. The maximum absolute atomic E-state index is 5.29. The molecule has 0 radical (unpaired) electrons. The van der Waals surface area contributed by atoms with Crippen LogP contribution in [-0.4, -0.2) is 16.9 Å². The molecule has 0 fully saturated rings. The average molecular weight is 231 g/mol. The summed E-state index contributed by atoms with van der Waals surface area (Å²) < 4.78 is 7.10. The number of hydrogen-bond donors (Lipinski definition) is 1. The molecule has 90 valence electrons. The molecule has 0 atom stereocenters. The van der Waals surface area contributed by atoms with E-state index >= 15 is 0 Å². The fourth-order valence-corrected chi connectivity index (χ4v) is 1.73. The van der Waals surface area contributed by atoms with Gasteiger partial charge in [-0.25, -0.2) is 0 Å². The van der Waals surface area contributed by atoms with Crippen molar-refractivity contribution in [2.24, 2.45) is 7.05 Å². The van der Waals surface area contributed by atoms with Crippen molar-refractivity contribution in [3.05, 3.63) is 47.8 Å². The fourth-order valence-electron chi connectivity index (χ4n) is 1.73. The summed E-state index contributed by atoms with van der Waals surface area (Å²) in [6.07, 6.45) is 1.94. The molecule has 0 spiro atoms. The summed E-state index contributed by atoms with van der Waals surface area (Å²) >= 11 is 0. The number of benzene rings is 1. The maximum atomic E-state index is 5.29. The Hall–Kier alpha value is -1.81. The van der Waals surface area contributed by atoms with E-state index in [-0.39, 0.29) is 0 Å². The van der Waals surface area contributed by atoms with Crippen LogP contribution in [0, 0.1) is 0 Å². The zero-order valence-electron chi connectivity index (χ0n) is 10.2. The minimum absolute atomic E-state index is 0.763. The van der Waals surface area contributed by atoms with Gasteiger partial charge in [-0.3, -0.25) is 4.68 Å². The van der Waals surface area contributed by atoms with Gasteiger partial charge in [0.2, 0.25) is 0 Å². The minimum atomic E-state index is 0.763. The van der Waals surface area contributed by atoms with Crippen molar-refractivity contribution in [3.8, 4) is 5.75 Å². The highest BCUT2D eigenvalue weighted by molar-refractivity contribution is 5.32. The predicted octanol–water partition coefficient (Wildman–Crippen LogP) is 1.72. The van der Waals surface area contributed by atoms with E-state index in [0.29, 0.717) is 0 Å². The van der Waals surface area contributed by atoms with E-state index in [1.165, 1.54) is 0 Å². The second-order valence-electron chi connectivity index (χ2n) is 3.90. The van der Waals surface area contributed by atoms with Gasteiger partial charge >= 0.3 is 0 Å². The number of nitrogens with zero attached hydrogens (tertiary/aromatic N) is 2. The Morgan fingerprint density at radius 2 is 2.06 bits per heavy atom. The minimum Gasteiger partial charge on any atom is -0.496 e. The normalized spacial score (nSPS) is 10.5. The van der Waals surface area contributed by atoms with E-state index in [0.717, 1.165) is 30.1 Å². The van der Waals surface area contributed by atoms with Gasteiger partial charge in [0.05, 0.1) is 12.8 Å². The zero-order chi connectivity index (χ0) is 12.1. The van der Waals surface area contributed by atoms with Crippen molar-refractivity contribution in [1.82, 2.24) is 15.1 Å². The molecule has 0 saturated carbocycles. The van der Waals surface area contributed by atoms with Crippen LogP contribution in [0.2, 0.25) is 0 Å². The highest BCUT2D eigenvalue weighted by atomic mass is 16.5. The van der Waals surface area contributed by atoms with Crippen LogP contribution in [0.15, 0.2) is 36.5 Å². The Morgan fingerprint density at radius 1 is 1.24 bits per heavy atom. The van der Waals surface area contributed by atoms with E-state index < -0.39 is 0 Å². The summed E-state index contributed by atoms with van der Waals surface area (Å²) in [7, 11) is 3.61. The SMILES string of the molecule is COc1ccccc1CNCc1ccn(C)n1. The van der Waals surface area contributed by atoms with Crippen LogP contribution in [0.25, 0.3) is 0 Å². The Kier molecular flexibility index (Phi) is 3.77. The van der Waals surface area contributed by atoms with Gasteiger partial charge in [-0.15, -0.1) is 0 Å². The standard InChI is InChI=1S/C13H17N3O/c1-16-8-7-12(15-16)10-14-9-11-5-3-4-6-13(11)17-2/h3-8,14H,9-10H2,1-2H3. The lowest BCUT2D eigenvalue weighted by Gasteiger charge is -2.08. The second-order valence-corrected chi connectivity index (χ2v) is 3.90. The molecule has 2 aromatic rings. The smallest absolute Gasteiger partial charge is 0.123 e. The first-order valence-corrected chi connectivity index (χ1v) is 5.60. The van der Waals surface area contributed by atoms with Gasteiger partial charge < -0.3 is 10.1 Å². The Balaban J connectivity index is 1.89. The first-order valence-electron chi connectivity index (χ1n) is 5.60. The van der Waals surface area contributed by atoms with Gasteiger partial charge in [0, 0.05) is 31.9 Å². The molecule has 0 amide bonds. The highest BCUT2D eigenvalue weighted by Gasteiger charge is 2.01. The fraction of sp³-hybridized carbons (Fsp3) is 0.308. The third kappa shape index (κ3) is 3.07. The van der Waals surface area contributed by atoms with E-state index in [1.54, 1.807) is 11.8 Å². The van der Waals surface area contributed by atoms with Crippen molar-refractivity contribution < 1.29 is 4.74 Å². The molecule has 1 aromatic carbocycles. The molecule has 0 bridgehead atoms. The van der Waals surface area contributed by atoms with E-state index in [2.05, 4.69) is 16.5 Å². The first kappa shape index (κ1) is 11.7. The predicted molar refractivity (Wildman–Crippen MR) is 66.7 cm³/mol. The lowest BCUT2D eigenvalue weighted by Crippen LogP contribution is -2.13. The number of methoxy groups -OCH3 is 1. The monoisotopic (exact) mass is 231 g/mol. The lowest BCUT2D eigenvalue weighted by molar-refractivity contribution is 0.407. The molecule has 4 nitrogen and oxygen atoms in total. The van der Waals surface area contributed by atoms with Crippen LogP contribution in [0.4, 0.5) is 0 Å². The second kappa shape index (κ2) is 5.50. The van der Waals surface area contributed by atoms with Crippen LogP contribution in [0.5, 0.6) is 5.75 Å². The van der Waals surface area contributed by atoms with Gasteiger partial charge in [-0.1, -0.05) is 18.2 Å². The molecule has 2 rings (SSSR count). The largest absolute Gasteiger partial charge is 0.496 e. The molecule has 1 aromatic heterocycles. The summed E-state index contributed by atoms with van der Waals surface area (Å²) in [6, 6.07) is 10.0. The summed E-state index contributed by atoms with van der Waals surface area (Å²) in [4.78, 5) is 0. The van der Waals surface area contributed by atoms with E-state index in [9.17, 15) is 0 Å². The molecule has 1 N–H and O–H groups in total. The third-order valence-electron chi connectivity index (χ3n) is 2.58. The lowest BCUT2D eigenvalue weighted by atomic mass is 10.2. The average Bonchev–Trinajstić information content (AvgIpc) is 2.76. The summed E-state index contributed by atoms with van der Waals surface area (Å²) in [6.45, 7) is 1.54. The van der Waals surface area contributed by atoms with Crippen LogP contribution < -0.4 is 10.1 Å². The number of para-hydroxylation sites is 1. The molecule has 4 heteroatoms. The third-order valence-corrected chi connectivity index (χ3v) is 2.58. The van der Waals surface area contributed by atoms with Crippen LogP contribution >= 0.6 is 0 Å². The maximum Gasteiger partial charge on any atom is 0.123 e. The number of nitrogens with one attached hydrogen (secondary N) is 1. The number of aromatic nitrogens is 2. The van der Waals surface area contributed by atoms with Crippen molar-refractivity contribution in [2.45, 2.75) is 13.1 Å². The van der Waals surface area contributed by atoms with Gasteiger partial charge in [-0.05, 0) is 12.1 Å². The van der Waals surface area contributed by atoms with E-state index in [1.807, 2.05) is 37.5 Å². The molecule has 0 saturated heterocycles. The molecule has 17 heavy (non-hydrogen) atoms. The van der Waals surface area contributed by atoms with Crippen molar-refractivity contribution in [3.63, 3.8) is 0 Å². The quantitative estimate of drug-likeness (QED) is 0.851.